The molecule has 1 unspecified atom stereocenters. The average molecular weight is 286 g/mol. The maximum atomic E-state index is 5.35. The van der Waals surface area contributed by atoms with Crippen LogP contribution in [0, 0.1) is 0 Å². The van der Waals surface area contributed by atoms with Crippen molar-refractivity contribution in [2.75, 3.05) is 13.7 Å². The second-order valence-corrected chi connectivity index (χ2v) is 5.55. The van der Waals surface area contributed by atoms with Crippen LogP contribution >= 0.6 is 0 Å². The minimum atomic E-state index is 0.410. The Morgan fingerprint density at radius 3 is 3.10 bits per heavy atom. The van der Waals surface area contributed by atoms with Crippen LogP contribution in [0.4, 0.5) is 0 Å². The van der Waals surface area contributed by atoms with Gasteiger partial charge in [-0.2, -0.15) is 5.10 Å². The maximum absolute atomic E-state index is 5.35. The van der Waals surface area contributed by atoms with Crippen molar-refractivity contribution in [3.8, 4) is 5.75 Å². The largest absolute Gasteiger partial charge is 0.497 e. The third kappa shape index (κ3) is 3.24. The lowest BCUT2D eigenvalue weighted by Gasteiger charge is -2.27. The molecule has 0 radical (unpaired) electrons. The number of nitrogens with zero attached hydrogens (tertiary/aromatic N) is 3. The summed E-state index contributed by atoms with van der Waals surface area (Å²) in [4.78, 5) is 4.26. The SMILES string of the molecule is COc1ccc2c(c1)C(NCCc1ncn(C)n1)CCC2. The van der Waals surface area contributed by atoms with Gasteiger partial charge in [0.1, 0.15) is 12.1 Å². The third-order valence-electron chi connectivity index (χ3n) is 4.05. The van der Waals surface area contributed by atoms with Crippen LogP contribution in [-0.2, 0) is 19.9 Å². The number of fused-ring (bicyclic) bond motifs is 1. The normalized spacial score (nSPS) is 17.5. The van der Waals surface area contributed by atoms with E-state index in [0.717, 1.165) is 24.5 Å². The summed E-state index contributed by atoms with van der Waals surface area (Å²) in [5.41, 5.74) is 2.82. The molecule has 1 aliphatic carbocycles. The van der Waals surface area contributed by atoms with E-state index in [1.165, 1.54) is 30.4 Å². The molecule has 1 heterocycles. The second-order valence-electron chi connectivity index (χ2n) is 5.55. The summed E-state index contributed by atoms with van der Waals surface area (Å²) < 4.78 is 7.10. The van der Waals surface area contributed by atoms with Gasteiger partial charge in [0.05, 0.1) is 7.11 Å². The first-order chi connectivity index (χ1) is 10.3. The van der Waals surface area contributed by atoms with Gasteiger partial charge in [-0.05, 0) is 42.5 Å². The van der Waals surface area contributed by atoms with E-state index in [2.05, 4.69) is 33.6 Å². The molecule has 0 amide bonds. The first kappa shape index (κ1) is 14.1. The molecule has 0 saturated heterocycles. The number of benzene rings is 1. The van der Waals surface area contributed by atoms with E-state index in [9.17, 15) is 0 Å². The minimum Gasteiger partial charge on any atom is -0.497 e. The summed E-state index contributed by atoms with van der Waals surface area (Å²) in [6.45, 7) is 0.894. The van der Waals surface area contributed by atoms with Crippen LogP contribution in [0.25, 0.3) is 0 Å². The lowest BCUT2D eigenvalue weighted by molar-refractivity contribution is 0.409. The van der Waals surface area contributed by atoms with Crippen LogP contribution in [0.5, 0.6) is 5.75 Å². The molecule has 1 aliphatic rings. The Bertz CT molecular complexity index is 608. The van der Waals surface area contributed by atoms with Crippen molar-refractivity contribution >= 4 is 0 Å². The molecule has 0 aliphatic heterocycles. The standard InChI is InChI=1S/C16H22N4O/c1-20-11-18-16(19-20)8-9-17-15-5-3-4-12-6-7-13(21-2)10-14(12)15/h6-7,10-11,15,17H,3-5,8-9H2,1-2H3. The highest BCUT2D eigenvalue weighted by atomic mass is 16.5. The van der Waals surface area contributed by atoms with Gasteiger partial charge < -0.3 is 10.1 Å². The number of hydrogen-bond donors (Lipinski definition) is 1. The van der Waals surface area contributed by atoms with Gasteiger partial charge in [-0.1, -0.05) is 6.07 Å². The van der Waals surface area contributed by atoms with Crippen molar-refractivity contribution in [3.63, 3.8) is 0 Å². The van der Waals surface area contributed by atoms with Crippen LogP contribution in [0.15, 0.2) is 24.5 Å². The minimum absolute atomic E-state index is 0.410. The average Bonchev–Trinajstić information content (AvgIpc) is 2.92. The van der Waals surface area contributed by atoms with Crippen LogP contribution < -0.4 is 10.1 Å². The van der Waals surface area contributed by atoms with E-state index >= 15 is 0 Å². The Labute approximate surface area is 125 Å². The number of nitrogens with one attached hydrogen (secondary N) is 1. The van der Waals surface area contributed by atoms with Crippen LogP contribution in [0.1, 0.15) is 35.8 Å². The molecule has 112 valence electrons. The fourth-order valence-corrected chi connectivity index (χ4v) is 2.97. The smallest absolute Gasteiger partial charge is 0.151 e. The van der Waals surface area contributed by atoms with Crippen molar-refractivity contribution in [1.82, 2.24) is 20.1 Å². The molecule has 5 nitrogen and oxygen atoms in total. The zero-order valence-corrected chi connectivity index (χ0v) is 12.7. The lowest BCUT2D eigenvalue weighted by Crippen LogP contribution is -2.27. The number of methoxy groups -OCH3 is 1. The highest BCUT2D eigenvalue weighted by molar-refractivity contribution is 5.39. The van der Waals surface area contributed by atoms with Crippen LogP contribution in [0.2, 0.25) is 0 Å². The fourth-order valence-electron chi connectivity index (χ4n) is 2.97. The Morgan fingerprint density at radius 1 is 1.43 bits per heavy atom. The summed E-state index contributed by atoms with van der Waals surface area (Å²) in [7, 11) is 3.62. The van der Waals surface area contributed by atoms with E-state index in [1.807, 2.05) is 7.05 Å². The monoisotopic (exact) mass is 286 g/mol. The Kier molecular flexibility index (Phi) is 4.20. The highest BCUT2D eigenvalue weighted by Gasteiger charge is 2.20. The van der Waals surface area contributed by atoms with E-state index in [0.29, 0.717) is 6.04 Å². The first-order valence-corrected chi connectivity index (χ1v) is 7.51. The molecule has 1 aromatic heterocycles. The van der Waals surface area contributed by atoms with Crippen molar-refractivity contribution in [3.05, 3.63) is 41.5 Å². The zero-order chi connectivity index (χ0) is 14.7. The number of rotatable bonds is 5. The van der Waals surface area contributed by atoms with E-state index in [-0.39, 0.29) is 0 Å². The van der Waals surface area contributed by atoms with Gasteiger partial charge in [0.15, 0.2) is 5.82 Å². The summed E-state index contributed by atoms with van der Waals surface area (Å²) in [5.74, 6) is 1.83. The number of ether oxygens (including phenoxy) is 1. The highest BCUT2D eigenvalue weighted by Crippen LogP contribution is 2.32. The Morgan fingerprint density at radius 2 is 2.33 bits per heavy atom. The van der Waals surface area contributed by atoms with Gasteiger partial charge in [0.2, 0.25) is 0 Å². The molecule has 2 aromatic rings. The van der Waals surface area contributed by atoms with Crippen molar-refractivity contribution in [2.24, 2.45) is 7.05 Å². The number of aryl methyl sites for hydroxylation is 2. The van der Waals surface area contributed by atoms with Gasteiger partial charge in [0.25, 0.3) is 0 Å². The molecule has 0 bridgehead atoms. The maximum Gasteiger partial charge on any atom is 0.151 e. The summed E-state index contributed by atoms with van der Waals surface area (Å²) >= 11 is 0. The van der Waals surface area contributed by atoms with Gasteiger partial charge in [-0.15, -0.1) is 0 Å². The molecule has 0 fully saturated rings. The molecule has 1 N–H and O–H groups in total. The molecule has 3 rings (SSSR count). The summed E-state index contributed by atoms with van der Waals surface area (Å²) in [6.07, 6.45) is 6.18. The summed E-state index contributed by atoms with van der Waals surface area (Å²) in [5, 5.41) is 7.95. The number of hydrogen-bond acceptors (Lipinski definition) is 4. The van der Waals surface area contributed by atoms with Gasteiger partial charge in [-0.25, -0.2) is 4.98 Å². The quantitative estimate of drug-likeness (QED) is 0.914. The zero-order valence-electron chi connectivity index (χ0n) is 12.7. The van der Waals surface area contributed by atoms with Crippen LogP contribution in [-0.4, -0.2) is 28.4 Å². The fraction of sp³-hybridized carbons (Fsp3) is 0.500. The Hall–Kier alpha value is -1.88. The van der Waals surface area contributed by atoms with Crippen molar-refractivity contribution in [1.29, 1.82) is 0 Å². The number of aromatic nitrogens is 3. The van der Waals surface area contributed by atoms with Crippen LogP contribution in [0.3, 0.4) is 0 Å². The molecular formula is C16H22N4O. The molecule has 1 atom stereocenters. The van der Waals surface area contributed by atoms with E-state index < -0.39 is 0 Å². The first-order valence-electron chi connectivity index (χ1n) is 7.51. The predicted molar refractivity (Wildman–Crippen MR) is 81.4 cm³/mol. The van der Waals surface area contributed by atoms with E-state index in [1.54, 1.807) is 18.1 Å². The van der Waals surface area contributed by atoms with Crippen molar-refractivity contribution in [2.45, 2.75) is 31.7 Å². The second kappa shape index (κ2) is 6.26. The van der Waals surface area contributed by atoms with Crippen molar-refractivity contribution < 1.29 is 4.74 Å². The molecular weight excluding hydrogens is 264 g/mol. The summed E-state index contributed by atoms with van der Waals surface area (Å²) in [6, 6.07) is 6.83. The molecule has 0 saturated carbocycles. The van der Waals surface area contributed by atoms with Gasteiger partial charge in [0, 0.05) is 26.1 Å². The predicted octanol–water partition coefficient (Wildman–Crippen LogP) is 2.03. The van der Waals surface area contributed by atoms with Gasteiger partial charge in [-0.3, -0.25) is 4.68 Å². The van der Waals surface area contributed by atoms with E-state index in [4.69, 9.17) is 4.74 Å². The molecule has 21 heavy (non-hydrogen) atoms. The molecule has 1 aromatic carbocycles. The lowest BCUT2D eigenvalue weighted by atomic mass is 9.87. The third-order valence-corrected chi connectivity index (χ3v) is 4.05. The topological polar surface area (TPSA) is 52.0 Å². The van der Waals surface area contributed by atoms with Gasteiger partial charge >= 0.3 is 0 Å². The molecule has 5 heteroatoms. The Balaban J connectivity index is 1.64. The molecule has 0 spiro atoms.